The molecule has 0 fully saturated rings. The van der Waals surface area contributed by atoms with Crippen molar-refractivity contribution in [2.75, 3.05) is 39.3 Å². The second kappa shape index (κ2) is 24.3. The van der Waals surface area contributed by atoms with Crippen LogP contribution in [0.1, 0.15) is 62.5 Å². The van der Waals surface area contributed by atoms with Crippen molar-refractivity contribution in [3.05, 3.63) is 71.8 Å². The SMILES string of the molecule is NC(N)=NCCCCCCC(=O)NCC(O)C(=O)NCCCCN(CCCNC(=O)OCc1ccccc1)C(=O)OCc1ccccc1. The number of aliphatic hydroxyl groups excluding tert-OH is 1. The summed E-state index contributed by atoms with van der Waals surface area (Å²) in [7, 11) is 0. The van der Waals surface area contributed by atoms with Gasteiger partial charge in [0, 0.05) is 39.1 Å². The Hall–Kier alpha value is -4.85. The van der Waals surface area contributed by atoms with Gasteiger partial charge in [0.15, 0.2) is 5.96 Å². The lowest BCUT2D eigenvalue weighted by molar-refractivity contribution is -0.129. The van der Waals surface area contributed by atoms with Gasteiger partial charge >= 0.3 is 12.2 Å². The van der Waals surface area contributed by atoms with E-state index in [1.54, 1.807) is 4.90 Å². The number of nitrogens with zero attached hydrogens (tertiary/aromatic N) is 2. The molecular formula is C34H51N7O7. The molecule has 2 rings (SSSR count). The first-order valence-electron chi connectivity index (χ1n) is 16.4. The summed E-state index contributed by atoms with van der Waals surface area (Å²) in [5.74, 6) is -0.749. The van der Waals surface area contributed by atoms with Crippen molar-refractivity contribution < 1.29 is 33.8 Å². The van der Waals surface area contributed by atoms with Crippen LogP contribution in [0.5, 0.6) is 0 Å². The molecule has 0 saturated carbocycles. The van der Waals surface area contributed by atoms with Crippen molar-refractivity contribution in [2.45, 2.75) is 70.7 Å². The quantitative estimate of drug-likeness (QED) is 0.0582. The first-order chi connectivity index (χ1) is 23.2. The van der Waals surface area contributed by atoms with Crippen LogP contribution in [-0.2, 0) is 32.3 Å². The molecule has 2 aromatic carbocycles. The van der Waals surface area contributed by atoms with E-state index in [-0.39, 0.29) is 38.2 Å². The lowest BCUT2D eigenvalue weighted by atomic mass is 10.1. The number of amides is 4. The number of hydrogen-bond donors (Lipinski definition) is 6. The minimum Gasteiger partial charge on any atom is -0.445 e. The van der Waals surface area contributed by atoms with Crippen LogP contribution in [0.15, 0.2) is 65.7 Å². The number of rotatable bonds is 23. The van der Waals surface area contributed by atoms with E-state index in [1.165, 1.54) is 0 Å². The second-order valence-electron chi connectivity index (χ2n) is 11.2. The van der Waals surface area contributed by atoms with E-state index in [2.05, 4.69) is 20.9 Å². The number of unbranched alkanes of at least 4 members (excludes halogenated alkanes) is 4. The Balaban J connectivity index is 1.65. The maximum Gasteiger partial charge on any atom is 0.410 e. The van der Waals surface area contributed by atoms with Gasteiger partial charge in [0.25, 0.3) is 5.91 Å². The number of aliphatic hydroxyl groups is 1. The Morgan fingerprint density at radius 2 is 1.33 bits per heavy atom. The van der Waals surface area contributed by atoms with Gasteiger partial charge in [-0.1, -0.05) is 73.5 Å². The molecule has 14 nitrogen and oxygen atoms in total. The molecule has 4 amide bonds. The highest BCUT2D eigenvalue weighted by Gasteiger charge is 2.17. The molecule has 0 aromatic heterocycles. The molecule has 8 N–H and O–H groups in total. The van der Waals surface area contributed by atoms with Crippen molar-refractivity contribution in [3.63, 3.8) is 0 Å². The molecule has 2 aromatic rings. The van der Waals surface area contributed by atoms with Gasteiger partial charge in [-0.2, -0.15) is 0 Å². The minimum atomic E-state index is -1.37. The molecule has 0 aliphatic heterocycles. The van der Waals surface area contributed by atoms with Crippen LogP contribution in [0, 0.1) is 0 Å². The zero-order chi connectivity index (χ0) is 34.8. The zero-order valence-electron chi connectivity index (χ0n) is 27.6. The van der Waals surface area contributed by atoms with Crippen LogP contribution in [0.4, 0.5) is 9.59 Å². The number of hydrogen-bond acceptors (Lipinski definition) is 8. The smallest absolute Gasteiger partial charge is 0.410 e. The fourth-order valence-corrected chi connectivity index (χ4v) is 4.45. The normalized spacial score (nSPS) is 11.1. The summed E-state index contributed by atoms with van der Waals surface area (Å²) < 4.78 is 10.7. The Labute approximate surface area is 282 Å². The molecule has 0 aliphatic rings. The Bertz CT molecular complexity index is 1240. The maximum absolute atomic E-state index is 12.9. The number of alkyl carbamates (subject to hydrolysis) is 1. The fraction of sp³-hybridized carbons (Fsp3) is 0.500. The van der Waals surface area contributed by atoms with Crippen molar-refractivity contribution >= 4 is 30.0 Å². The van der Waals surface area contributed by atoms with Crippen LogP contribution in [0.3, 0.4) is 0 Å². The summed E-state index contributed by atoms with van der Waals surface area (Å²) in [6.07, 6.45) is 2.75. The number of ether oxygens (including phenoxy) is 2. The van der Waals surface area contributed by atoms with Crippen LogP contribution in [0.2, 0.25) is 0 Å². The standard InChI is InChI=1S/C34H51N7O7/c35-32(36)38-20-10-2-1-9-18-30(43)40-24-29(42)31(44)37-19-11-12-22-41(34(46)48-26-28-16-7-4-8-17-28)23-13-21-39-33(45)47-25-27-14-5-3-6-15-27/h3-8,14-17,29,42H,1-2,9-13,18-26H2,(H,37,44)(H,39,45)(H,40,43)(H4,35,36,38). The van der Waals surface area contributed by atoms with E-state index < -0.39 is 24.2 Å². The highest BCUT2D eigenvalue weighted by Crippen LogP contribution is 2.07. The van der Waals surface area contributed by atoms with Crippen molar-refractivity contribution in [1.29, 1.82) is 0 Å². The first kappa shape index (κ1) is 39.3. The van der Waals surface area contributed by atoms with E-state index in [0.717, 1.165) is 30.4 Å². The summed E-state index contributed by atoms with van der Waals surface area (Å²) in [5.41, 5.74) is 12.3. The van der Waals surface area contributed by atoms with E-state index in [0.29, 0.717) is 58.3 Å². The van der Waals surface area contributed by atoms with Crippen molar-refractivity contribution in [2.24, 2.45) is 16.5 Å². The summed E-state index contributed by atoms with van der Waals surface area (Å²) in [4.78, 5) is 54.7. The number of carbonyl (C=O) groups excluding carboxylic acids is 4. The fourth-order valence-electron chi connectivity index (χ4n) is 4.45. The monoisotopic (exact) mass is 669 g/mol. The third kappa shape index (κ3) is 19.0. The van der Waals surface area contributed by atoms with Crippen LogP contribution in [0.25, 0.3) is 0 Å². The first-order valence-corrected chi connectivity index (χ1v) is 16.4. The molecule has 0 radical (unpaired) electrons. The Morgan fingerprint density at radius 1 is 0.729 bits per heavy atom. The topological polar surface area (TPSA) is 211 Å². The molecule has 48 heavy (non-hydrogen) atoms. The third-order valence-corrected chi connectivity index (χ3v) is 7.11. The average Bonchev–Trinajstić information content (AvgIpc) is 3.09. The van der Waals surface area contributed by atoms with Crippen LogP contribution >= 0.6 is 0 Å². The van der Waals surface area contributed by atoms with Gasteiger partial charge in [0.2, 0.25) is 5.91 Å². The number of aliphatic imine (C=N–C) groups is 1. The highest BCUT2D eigenvalue weighted by atomic mass is 16.6. The molecule has 1 atom stereocenters. The predicted molar refractivity (Wildman–Crippen MR) is 182 cm³/mol. The van der Waals surface area contributed by atoms with Crippen LogP contribution in [-0.4, -0.2) is 85.3 Å². The van der Waals surface area contributed by atoms with Crippen LogP contribution < -0.4 is 27.4 Å². The minimum absolute atomic E-state index is 0.0671. The van der Waals surface area contributed by atoms with E-state index >= 15 is 0 Å². The number of carbonyl (C=O) groups is 4. The molecule has 14 heteroatoms. The molecule has 0 heterocycles. The van der Waals surface area contributed by atoms with E-state index in [9.17, 15) is 24.3 Å². The van der Waals surface area contributed by atoms with E-state index in [1.807, 2.05) is 60.7 Å². The van der Waals surface area contributed by atoms with Gasteiger partial charge in [0.1, 0.15) is 19.3 Å². The molecule has 1 unspecified atom stereocenters. The van der Waals surface area contributed by atoms with E-state index in [4.69, 9.17) is 20.9 Å². The van der Waals surface area contributed by atoms with Gasteiger partial charge in [-0.15, -0.1) is 0 Å². The average molecular weight is 670 g/mol. The summed E-state index contributed by atoms with van der Waals surface area (Å²) >= 11 is 0. The summed E-state index contributed by atoms with van der Waals surface area (Å²) in [6, 6.07) is 18.7. The van der Waals surface area contributed by atoms with Crippen molar-refractivity contribution in [1.82, 2.24) is 20.9 Å². The highest BCUT2D eigenvalue weighted by molar-refractivity contribution is 5.82. The molecule has 0 saturated heterocycles. The molecule has 264 valence electrons. The number of guanidine groups is 1. The number of benzene rings is 2. The zero-order valence-corrected chi connectivity index (χ0v) is 27.6. The third-order valence-electron chi connectivity index (χ3n) is 7.11. The molecule has 0 aliphatic carbocycles. The number of nitrogens with two attached hydrogens (primary N) is 2. The lowest BCUT2D eigenvalue weighted by Crippen LogP contribution is -2.43. The van der Waals surface area contributed by atoms with Gasteiger partial charge in [-0.25, -0.2) is 9.59 Å². The van der Waals surface area contributed by atoms with Crippen molar-refractivity contribution in [3.8, 4) is 0 Å². The lowest BCUT2D eigenvalue weighted by Gasteiger charge is -2.22. The molecule has 0 bridgehead atoms. The maximum atomic E-state index is 12.9. The molecule has 0 spiro atoms. The second-order valence-corrected chi connectivity index (χ2v) is 11.2. The summed E-state index contributed by atoms with van der Waals surface area (Å²) in [6.45, 7) is 1.98. The largest absolute Gasteiger partial charge is 0.445 e. The van der Waals surface area contributed by atoms with Gasteiger partial charge in [0.05, 0.1) is 6.54 Å². The predicted octanol–water partition coefficient (Wildman–Crippen LogP) is 2.54. The molecular weight excluding hydrogens is 618 g/mol. The summed E-state index contributed by atoms with van der Waals surface area (Å²) in [5, 5.41) is 18.1. The number of nitrogens with one attached hydrogen (secondary N) is 3. The van der Waals surface area contributed by atoms with Gasteiger partial charge in [-0.3, -0.25) is 14.6 Å². The van der Waals surface area contributed by atoms with Gasteiger partial charge in [-0.05, 0) is 43.2 Å². The Morgan fingerprint density at radius 3 is 2.00 bits per heavy atom. The van der Waals surface area contributed by atoms with Gasteiger partial charge < -0.3 is 46.9 Å². The Kier molecular flexibility index (Phi) is 19.9.